The van der Waals surface area contributed by atoms with Gasteiger partial charge in [0.15, 0.2) is 0 Å². The minimum atomic E-state index is -0.342. The Morgan fingerprint density at radius 1 is 1.07 bits per heavy atom. The van der Waals surface area contributed by atoms with Crippen LogP contribution in [-0.4, -0.2) is 47.7 Å². The highest BCUT2D eigenvalue weighted by Crippen LogP contribution is 2.44. The van der Waals surface area contributed by atoms with Gasteiger partial charge in [-0.3, -0.25) is 9.36 Å². The van der Waals surface area contributed by atoms with Gasteiger partial charge in [-0.1, -0.05) is 23.7 Å². The van der Waals surface area contributed by atoms with Crippen LogP contribution in [0.1, 0.15) is 25.2 Å². The molecule has 2 aliphatic rings. The van der Waals surface area contributed by atoms with Gasteiger partial charge in [0.05, 0.1) is 27.0 Å². The molecule has 1 aromatic heterocycles. The molecule has 0 radical (unpaired) electrons. The number of benzene rings is 2. The third-order valence-electron chi connectivity index (χ3n) is 6.19. The number of rotatable bonds is 1. The van der Waals surface area contributed by atoms with E-state index in [2.05, 4.69) is 58.4 Å². The second-order valence-corrected chi connectivity index (χ2v) is 8.73. The predicted octanol–water partition coefficient (Wildman–Crippen LogP) is 3.43. The zero-order valence-electron chi connectivity index (χ0n) is 16.4. The van der Waals surface area contributed by atoms with Crippen molar-refractivity contribution in [2.75, 3.05) is 38.1 Å². The Bertz CT molecular complexity index is 1160. The zero-order chi connectivity index (χ0) is 19.6. The maximum absolute atomic E-state index is 12.7. The molecule has 0 amide bonds. The molecule has 0 saturated carbocycles. The van der Waals surface area contributed by atoms with Gasteiger partial charge in [-0.25, -0.2) is 0 Å². The second-order valence-electron chi connectivity index (χ2n) is 8.33. The lowest BCUT2D eigenvalue weighted by atomic mass is 9.85. The number of hydrogen-bond donors (Lipinski definition) is 0. The van der Waals surface area contributed by atoms with Gasteiger partial charge in [-0.05, 0) is 50.7 Å². The summed E-state index contributed by atoms with van der Waals surface area (Å²) in [6, 6.07) is 12.2. The Morgan fingerprint density at radius 2 is 1.82 bits per heavy atom. The fourth-order valence-electron chi connectivity index (χ4n) is 4.51. The molecule has 0 unspecified atom stereocenters. The van der Waals surface area contributed by atoms with Gasteiger partial charge in [0, 0.05) is 31.9 Å². The molecule has 0 atom stereocenters. The smallest absolute Gasteiger partial charge is 0.282 e. The molecule has 0 spiro atoms. The summed E-state index contributed by atoms with van der Waals surface area (Å²) in [5.74, 6) is 0.776. The molecule has 5 nitrogen and oxygen atoms in total. The Morgan fingerprint density at radius 3 is 2.57 bits per heavy atom. The van der Waals surface area contributed by atoms with E-state index in [0.29, 0.717) is 10.4 Å². The maximum Gasteiger partial charge on any atom is 0.282 e. The van der Waals surface area contributed by atoms with Crippen molar-refractivity contribution in [1.82, 2.24) is 14.5 Å². The van der Waals surface area contributed by atoms with Gasteiger partial charge in [-0.2, -0.15) is 4.98 Å². The summed E-state index contributed by atoms with van der Waals surface area (Å²) < 4.78 is 2.12. The van der Waals surface area contributed by atoms with Gasteiger partial charge in [-0.15, -0.1) is 0 Å². The van der Waals surface area contributed by atoms with Crippen LogP contribution in [0.4, 0.5) is 5.69 Å². The quantitative estimate of drug-likeness (QED) is 0.634. The van der Waals surface area contributed by atoms with Crippen molar-refractivity contribution >= 4 is 28.2 Å². The van der Waals surface area contributed by atoms with E-state index in [9.17, 15) is 4.79 Å². The third-order valence-corrected chi connectivity index (χ3v) is 6.50. The largest absolute Gasteiger partial charge is 0.369 e. The number of halogens is 1. The van der Waals surface area contributed by atoms with Crippen molar-refractivity contribution in [2.24, 2.45) is 0 Å². The lowest BCUT2D eigenvalue weighted by molar-refractivity contribution is 0.313. The van der Waals surface area contributed by atoms with Crippen LogP contribution in [0.5, 0.6) is 0 Å². The highest BCUT2D eigenvalue weighted by molar-refractivity contribution is 6.35. The first-order chi connectivity index (χ1) is 13.4. The van der Waals surface area contributed by atoms with E-state index in [-0.39, 0.29) is 11.0 Å². The molecule has 3 aromatic rings. The summed E-state index contributed by atoms with van der Waals surface area (Å²) in [4.78, 5) is 22.0. The number of nitrogens with zero attached hydrogens (tertiary/aromatic N) is 4. The molecule has 144 valence electrons. The van der Waals surface area contributed by atoms with Crippen LogP contribution in [-0.2, 0) is 5.41 Å². The molecule has 0 bridgehead atoms. The summed E-state index contributed by atoms with van der Waals surface area (Å²) in [6.45, 7) is 8.41. The summed E-state index contributed by atoms with van der Waals surface area (Å²) in [5, 5.41) is 0.938. The van der Waals surface area contributed by atoms with Crippen LogP contribution in [0.3, 0.4) is 0 Å². The summed E-state index contributed by atoms with van der Waals surface area (Å²) >= 11 is 6.36. The molecular weight excluding hydrogens is 372 g/mol. The first kappa shape index (κ1) is 17.7. The summed E-state index contributed by atoms with van der Waals surface area (Å²) in [5.41, 5.74) is 3.72. The lowest BCUT2D eigenvalue weighted by Gasteiger charge is -2.34. The summed E-state index contributed by atoms with van der Waals surface area (Å²) in [7, 11) is 2.16. The standard InChI is InChI=1S/C22H23ClN4O/c1-22(2)15-8-7-14(26-11-9-25(3)10-12-26)13-18(15)27-17-6-4-5-16(23)19(17)20(28)24-21(22)27/h4-8,13H,9-12H2,1-3H3. The van der Waals surface area contributed by atoms with Crippen molar-refractivity contribution < 1.29 is 0 Å². The second kappa shape index (κ2) is 6.06. The molecule has 28 heavy (non-hydrogen) atoms. The third kappa shape index (κ3) is 2.43. The Hall–Kier alpha value is -2.37. The minimum Gasteiger partial charge on any atom is -0.369 e. The molecule has 0 N–H and O–H groups in total. The van der Waals surface area contributed by atoms with Crippen molar-refractivity contribution in [3.63, 3.8) is 0 Å². The van der Waals surface area contributed by atoms with Crippen LogP contribution < -0.4 is 10.5 Å². The fourth-order valence-corrected chi connectivity index (χ4v) is 4.76. The molecular formula is C22H23ClN4O. The lowest BCUT2D eigenvalue weighted by Crippen LogP contribution is -2.44. The van der Waals surface area contributed by atoms with E-state index in [4.69, 9.17) is 11.6 Å². The molecule has 2 aromatic carbocycles. The first-order valence-electron chi connectivity index (χ1n) is 9.68. The van der Waals surface area contributed by atoms with Gasteiger partial charge < -0.3 is 9.80 Å². The van der Waals surface area contributed by atoms with E-state index in [1.165, 1.54) is 11.3 Å². The van der Waals surface area contributed by atoms with Gasteiger partial charge in [0.25, 0.3) is 5.56 Å². The van der Waals surface area contributed by atoms with Crippen molar-refractivity contribution in [3.05, 3.63) is 63.2 Å². The average Bonchev–Trinajstić information content (AvgIpc) is 2.89. The zero-order valence-corrected chi connectivity index (χ0v) is 17.1. The molecule has 6 heteroatoms. The molecule has 0 aliphatic carbocycles. The predicted molar refractivity (Wildman–Crippen MR) is 114 cm³/mol. The number of piperazine rings is 1. The molecule has 3 heterocycles. The molecule has 2 aliphatic heterocycles. The Kier molecular flexibility index (Phi) is 3.83. The SMILES string of the molecule is CN1CCN(c2ccc3c(c2)-n2c(nc(=O)c4c(Cl)cccc42)C3(C)C)CC1. The molecule has 1 saturated heterocycles. The van der Waals surface area contributed by atoms with E-state index < -0.39 is 0 Å². The van der Waals surface area contributed by atoms with E-state index in [1.54, 1.807) is 6.07 Å². The van der Waals surface area contributed by atoms with E-state index in [0.717, 1.165) is 43.2 Å². The van der Waals surface area contributed by atoms with Crippen molar-refractivity contribution in [3.8, 4) is 5.69 Å². The highest BCUT2D eigenvalue weighted by atomic mass is 35.5. The topological polar surface area (TPSA) is 41.4 Å². The molecule has 1 fully saturated rings. The van der Waals surface area contributed by atoms with Crippen LogP contribution >= 0.6 is 11.6 Å². The van der Waals surface area contributed by atoms with Crippen LogP contribution in [0.15, 0.2) is 41.2 Å². The van der Waals surface area contributed by atoms with Gasteiger partial charge in [0.2, 0.25) is 0 Å². The number of hydrogen-bond acceptors (Lipinski definition) is 4. The fraction of sp³-hybridized carbons (Fsp3) is 0.364. The number of likely N-dealkylation sites (N-methyl/N-ethyl adjacent to an activating group) is 1. The summed E-state index contributed by atoms with van der Waals surface area (Å²) in [6.07, 6.45) is 0. The van der Waals surface area contributed by atoms with E-state index >= 15 is 0 Å². The first-order valence-corrected chi connectivity index (χ1v) is 10.1. The maximum atomic E-state index is 12.7. The van der Waals surface area contributed by atoms with Crippen molar-refractivity contribution in [2.45, 2.75) is 19.3 Å². The number of fused-ring (bicyclic) bond motifs is 5. The highest BCUT2D eigenvalue weighted by Gasteiger charge is 2.39. The number of anilines is 1. The Balaban J connectivity index is 1.76. The van der Waals surface area contributed by atoms with Crippen LogP contribution in [0.2, 0.25) is 5.02 Å². The van der Waals surface area contributed by atoms with Gasteiger partial charge >= 0.3 is 0 Å². The van der Waals surface area contributed by atoms with Crippen LogP contribution in [0, 0.1) is 0 Å². The normalized spacial score (nSPS) is 18.4. The minimum absolute atomic E-state index is 0.257. The van der Waals surface area contributed by atoms with Gasteiger partial charge in [0.1, 0.15) is 5.82 Å². The van der Waals surface area contributed by atoms with Crippen molar-refractivity contribution in [1.29, 1.82) is 0 Å². The molecule has 5 rings (SSSR count). The Labute approximate surface area is 169 Å². The monoisotopic (exact) mass is 394 g/mol. The van der Waals surface area contributed by atoms with E-state index in [1.807, 2.05) is 12.1 Å². The average molecular weight is 395 g/mol. The number of aromatic nitrogens is 2. The van der Waals surface area contributed by atoms with Crippen LogP contribution in [0.25, 0.3) is 16.6 Å².